The lowest BCUT2D eigenvalue weighted by Gasteiger charge is -2.27. The minimum Gasteiger partial charge on any atom is -0.330 e. The first-order chi connectivity index (χ1) is 4.77. The highest BCUT2D eigenvalue weighted by Gasteiger charge is 2.54. The molecular formula is C8H18Cl2N2. The summed E-state index contributed by atoms with van der Waals surface area (Å²) in [6.45, 7) is 3.47. The van der Waals surface area contributed by atoms with Gasteiger partial charge in [0.05, 0.1) is 0 Å². The van der Waals surface area contributed by atoms with Gasteiger partial charge in [0.15, 0.2) is 0 Å². The van der Waals surface area contributed by atoms with Gasteiger partial charge >= 0.3 is 0 Å². The predicted molar refractivity (Wildman–Crippen MR) is 56.2 cm³/mol. The molecule has 0 spiro atoms. The Balaban J connectivity index is 0.000000605. The first-order valence-corrected chi connectivity index (χ1v) is 4.15. The number of hydrogen-bond acceptors (Lipinski definition) is 2. The van der Waals surface area contributed by atoms with Gasteiger partial charge in [-0.1, -0.05) is 0 Å². The molecule has 0 bridgehead atoms. The Kier molecular flexibility index (Phi) is 4.31. The van der Waals surface area contributed by atoms with E-state index in [4.69, 9.17) is 5.73 Å². The van der Waals surface area contributed by atoms with Crippen molar-refractivity contribution in [2.45, 2.75) is 12.8 Å². The van der Waals surface area contributed by atoms with Crippen LogP contribution in [0.2, 0.25) is 0 Å². The maximum absolute atomic E-state index is 5.71. The number of halogens is 2. The number of nitrogens with two attached hydrogens (primary N) is 1. The zero-order valence-electron chi connectivity index (χ0n) is 7.45. The van der Waals surface area contributed by atoms with Crippen LogP contribution in [0, 0.1) is 11.3 Å². The molecular weight excluding hydrogens is 195 g/mol. The molecule has 0 aromatic heterocycles. The lowest BCUT2D eigenvalue weighted by atomic mass is 9.96. The lowest BCUT2D eigenvalue weighted by Crippen LogP contribution is -2.34. The van der Waals surface area contributed by atoms with Crippen LogP contribution >= 0.6 is 24.8 Å². The molecule has 1 saturated carbocycles. The summed E-state index contributed by atoms with van der Waals surface area (Å²) < 4.78 is 0. The Labute approximate surface area is 86.7 Å². The summed E-state index contributed by atoms with van der Waals surface area (Å²) in [7, 11) is 2.21. The van der Waals surface area contributed by atoms with E-state index in [1.54, 1.807) is 0 Å². The van der Waals surface area contributed by atoms with Crippen molar-refractivity contribution in [3.8, 4) is 0 Å². The van der Waals surface area contributed by atoms with E-state index in [1.807, 2.05) is 0 Å². The third-order valence-corrected chi connectivity index (χ3v) is 3.29. The SMILES string of the molecule is CN1CCC2(CN)CC2C1.Cl.Cl. The van der Waals surface area contributed by atoms with E-state index >= 15 is 0 Å². The van der Waals surface area contributed by atoms with Crippen molar-refractivity contribution in [3.63, 3.8) is 0 Å². The molecule has 2 N–H and O–H groups in total. The first kappa shape index (κ1) is 12.5. The van der Waals surface area contributed by atoms with Gasteiger partial charge < -0.3 is 10.6 Å². The maximum Gasteiger partial charge on any atom is 0.00126 e. The van der Waals surface area contributed by atoms with E-state index in [9.17, 15) is 0 Å². The molecule has 1 saturated heterocycles. The molecule has 2 aliphatic rings. The fourth-order valence-corrected chi connectivity index (χ4v) is 2.23. The van der Waals surface area contributed by atoms with Crippen molar-refractivity contribution in [1.29, 1.82) is 0 Å². The smallest absolute Gasteiger partial charge is 0.00126 e. The molecule has 0 aromatic carbocycles. The van der Waals surface area contributed by atoms with Crippen LogP contribution < -0.4 is 5.73 Å². The Morgan fingerprint density at radius 2 is 2.17 bits per heavy atom. The van der Waals surface area contributed by atoms with Crippen molar-refractivity contribution < 1.29 is 0 Å². The Hall–Kier alpha value is 0.500. The topological polar surface area (TPSA) is 29.3 Å². The zero-order valence-corrected chi connectivity index (χ0v) is 9.09. The van der Waals surface area contributed by atoms with Gasteiger partial charge in [-0.3, -0.25) is 0 Å². The Morgan fingerprint density at radius 3 is 2.67 bits per heavy atom. The number of nitrogens with zero attached hydrogens (tertiary/aromatic N) is 1. The highest BCUT2D eigenvalue weighted by molar-refractivity contribution is 5.85. The van der Waals surface area contributed by atoms with Crippen molar-refractivity contribution in [3.05, 3.63) is 0 Å². The highest BCUT2D eigenvalue weighted by Crippen LogP contribution is 2.56. The first-order valence-electron chi connectivity index (χ1n) is 4.15. The molecule has 1 aliphatic carbocycles. The quantitative estimate of drug-likeness (QED) is 0.707. The van der Waals surface area contributed by atoms with Crippen molar-refractivity contribution in [1.82, 2.24) is 4.90 Å². The average Bonchev–Trinajstić information content (AvgIpc) is 2.62. The van der Waals surface area contributed by atoms with Crippen LogP contribution in [-0.2, 0) is 0 Å². The van der Waals surface area contributed by atoms with E-state index in [0.717, 1.165) is 12.5 Å². The Morgan fingerprint density at radius 1 is 1.50 bits per heavy atom. The van der Waals surface area contributed by atoms with Gasteiger partial charge in [0.1, 0.15) is 0 Å². The molecule has 2 nitrogen and oxygen atoms in total. The van der Waals surface area contributed by atoms with Crippen molar-refractivity contribution in [2.75, 3.05) is 26.7 Å². The van der Waals surface area contributed by atoms with Gasteiger partial charge in [0.25, 0.3) is 0 Å². The van der Waals surface area contributed by atoms with Crippen LogP contribution in [0.25, 0.3) is 0 Å². The molecule has 0 amide bonds. The van der Waals surface area contributed by atoms with Crippen LogP contribution in [0.5, 0.6) is 0 Å². The van der Waals surface area contributed by atoms with Crippen molar-refractivity contribution >= 4 is 24.8 Å². The second-order valence-corrected chi connectivity index (χ2v) is 3.98. The molecule has 4 heteroatoms. The third-order valence-electron chi connectivity index (χ3n) is 3.29. The molecule has 12 heavy (non-hydrogen) atoms. The van der Waals surface area contributed by atoms with Gasteiger partial charge in [0.2, 0.25) is 0 Å². The summed E-state index contributed by atoms with van der Waals surface area (Å²) >= 11 is 0. The van der Waals surface area contributed by atoms with E-state index in [1.165, 1.54) is 25.9 Å². The Bertz CT molecular complexity index is 154. The second kappa shape index (κ2) is 4.14. The average molecular weight is 213 g/mol. The van der Waals surface area contributed by atoms with E-state index in [0.29, 0.717) is 5.41 Å². The van der Waals surface area contributed by atoms with Crippen LogP contribution in [0.1, 0.15) is 12.8 Å². The summed E-state index contributed by atoms with van der Waals surface area (Å²) in [6, 6.07) is 0. The second-order valence-electron chi connectivity index (χ2n) is 3.98. The van der Waals surface area contributed by atoms with Gasteiger partial charge in [0, 0.05) is 6.54 Å². The molecule has 0 radical (unpaired) electrons. The van der Waals surface area contributed by atoms with Gasteiger partial charge in [-0.05, 0) is 44.3 Å². The van der Waals surface area contributed by atoms with Crippen LogP contribution in [0.15, 0.2) is 0 Å². The number of fused-ring (bicyclic) bond motifs is 1. The van der Waals surface area contributed by atoms with Gasteiger partial charge in [-0.25, -0.2) is 0 Å². The molecule has 2 fully saturated rings. The minimum absolute atomic E-state index is 0. The monoisotopic (exact) mass is 212 g/mol. The van der Waals surface area contributed by atoms with Crippen LogP contribution in [0.4, 0.5) is 0 Å². The predicted octanol–water partition coefficient (Wildman–Crippen LogP) is 1.13. The normalized spacial score (nSPS) is 39.0. The molecule has 2 atom stereocenters. The molecule has 1 heterocycles. The van der Waals surface area contributed by atoms with E-state index in [-0.39, 0.29) is 24.8 Å². The number of rotatable bonds is 1. The van der Waals surface area contributed by atoms with Gasteiger partial charge in [-0.15, -0.1) is 24.8 Å². The summed E-state index contributed by atoms with van der Waals surface area (Å²) in [5.74, 6) is 0.941. The fraction of sp³-hybridized carbons (Fsp3) is 1.00. The fourth-order valence-electron chi connectivity index (χ4n) is 2.23. The number of piperidine rings is 1. The molecule has 1 aliphatic heterocycles. The van der Waals surface area contributed by atoms with Crippen molar-refractivity contribution in [2.24, 2.45) is 17.1 Å². The number of hydrogen-bond donors (Lipinski definition) is 1. The summed E-state index contributed by atoms with van der Waals surface area (Å²) in [4.78, 5) is 2.42. The largest absolute Gasteiger partial charge is 0.330 e. The molecule has 2 rings (SSSR count). The summed E-state index contributed by atoms with van der Waals surface area (Å²) in [5, 5.41) is 0. The van der Waals surface area contributed by atoms with E-state index in [2.05, 4.69) is 11.9 Å². The van der Waals surface area contributed by atoms with Crippen LogP contribution in [0.3, 0.4) is 0 Å². The zero-order chi connectivity index (χ0) is 7.19. The minimum atomic E-state index is 0. The van der Waals surface area contributed by atoms with Crippen LogP contribution in [-0.4, -0.2) is 31.6 Å². The summed E-state index contributed by atoms with van der Waals surface area (Å²) in [5.41, 5.74) is 6.31. The molecule has 2 unspecified atom stereocenters. The number of likely N-dealkylation sites (tertiary alicyclic amines) is 1. The summed E-state index contributed by atoms with van der Waals surface area (Å²) in [6.07, 6.45) is 2.73. The maximum atomic E-state index is 5.71. The molecule has 74 valence electrons. The van der Waals surface area contributed by atoms with Gasteiger partial charge in [-0.2, -0.15) is 0 Å². The standard InChI is InChI=1S/C8H16N2.2ClH/c1-10-3-2-8(6-9)4-7(8)5-10;;/h7H,2-6,9H2,1H3;2*1H. The lowest BCUT2D eigenvalue weighted by molar-refractivity contribution is 0.215. The third kappa shape index (κ3) is 1.87. The van der Waals surface area contributed by atoms with E-state index < -0.39 is 0 Å². The highest BCUT2D eigenvalue weighted by atomic mass is 35.5. The molecule has 0 aromatic rings.